The molecule has 0 aliphatic carbocycles. The Morgan fingerprint density at radius 1 is 1.16 bits per heavy atom. The summed E-state index contributed by atoms with van der Waals surface area (Å²) in [6.07, 6.45) is 2.40. The van der Waals surface area contributed by atoms with Gasteiger partial charge in [0, 0.05) is 13.2 Å². The van der Waals surface area contributed by atoms with Gasteiger partial charge in [0.2, 0.25) is 0 Å². The molecular weight excluding hydrogens is 314 g/mol. The van der Waals surface area contributed by atoms with E-state index in [9.17, 15) is 4.79 Å². The fourth-order valence-electron chi connectivity index (χ4n) is 3.91. The molecule has 25 heavy (non-hydrogen) atoms. The smallest absolute Gasteiger partial charge is 0.252 e. The van der Waals surface area contributed by atoms with Crippen LogP contribution in [0.3, 0.4) is 0 Å². The second-order valence-electron chi connectivity index (χ2n) is 6.66. The number of carbonyl (C=O) groups is 1. The van der Waals surface area contributed by atoms with Gasteiger partial charge in [0.15, 0.2) is 0 Å². The Kier molecular flexibility index (Phi) is 4.45. The van der Waals surface area contributed by atoms with Crippen molar-refractivity contribution in [3.63, 3.8) is 0 Å². The van der Waals surface area contributed by atoms with Gasteiger partial charge in [-0.3, -0.25) is 4.79 Å². The molecule has 130 valence electrons. The van der Waals surface area contributed by atoms with Crippen molar-refractivity contribution < 1.29 is 14.3 Å². The van der Waals surface area contributed by atoms with Crippen LogP contribution in [0.2, 0.25) is 0 Å². The molecule has 4 rings (SSSR count). The predicted octanol–water partition coefficient (Wildman–Crippen LogP) is 3.35. The number of nitrogens with zero attached hydrogens (tertiary/aromatic N) is 1. The molecule has 2 aromatic rings. The molecule has 0 aromatic heterocycles. The van der Waals surface area contributed by atoms with E-state index < -0.39 is 0 Å². The number of carbonyl (C=O) groups excluding carboxylic acids is 1. The van der Waals surface area contributed by atoms with Gasteiger partial charge in [-0.2, -0.15) is 0 Å². The summed E-state index contributed by atoms with van der Waals surface area (Å²) in [6, 6.07) is 16.4. The molecule has 1 amide bonds. The second kappa shape index (κ2) is 6.89. The van der Waals surface area contributed by atoms with E-state index in [1.807, 2.05) is 17.0 Å². The van der Waals surface area contributed by atoms with Crippen LogP contribution in [0.1, 0.15) is 35.6 Å². The lowest BCUT2D eigenvalue weighted by molar-refractivity contribution is -0.143. The topological polar surface area (TPSA) is 38.8 Å². The summed E-state index contributed by atoms with van der Waals surface area (Å²) in [5, 5.41) is 0. The van der Waals surface area contributed by atoms with Gasteiger partial charge in [0.25, 0.3) is 5.91 Å². The van der Waals surface area contributed by atoms with E-state index in [1.54, 1.807) is 7.11 Å². The number of hydrogen-bond acceptors (Lipinski definition) is 3. The van der Waals surface area contributed by atoms with Crippen molar-refractivity contribution in [2.24, 2.45) is 0 Å². The van der Waals surface area contributed by atoms with E-state index in [-0.39, 0.29) is 18.1 Å². The third-order valence-electron chi connectivity index (χ3n) is 5.20. The molecule has 2 unspecified atom stereocenters. The van der Waals surface area contributed by atoms with Crippen molar-refractivity contribution in [2.75, 3.05) is 20.3 Å². The van der Waals surface area contributed by atoms with Crippen LogP contribution in [0.5, 0.6) is 5.75 Å². The minimum absolute atomic E-state index is 0.0624. The van der Waals surface area contributed by atoms with Crippen molar-refractivity contribution in [2.45, 2.75) is 31.4 Å². The SMILES string of the molecule is COc1ccc(C2c3ccccc3CCN2C(=O)C2CCCO2)cc1. The van der Waals surface area contributed by atoms with Gasteiger partial charge in [0.1, 0.15) is 11.9 Å². The van der Waals surface area contributed by atoms with Crippen LogP contribution in [0, 0.1) is 0 Å². The van der Waals surface area contributed by atoms with E-state index in [1.165, 1.54) is 11.1 Å². The van der Waals surface area contributed by atoms with Crippen LogP contribution in [-0.2, 0) is 16.0 Å². The Morgan fingerprint density at radius 3 is 2.68 bits per heavy atom. The molecule has 2 heterocycles. The molecule has 0 N–H and O–H groups in total. The van der Waals surface area contributed by atoms with Crippen LogP contribution in [0.25, 0.3) is 0 Å². The van der Waals surface area contributed by atoms with Gasteiger partial charge >= 0.3 is 0 Å². The fraction of sp³-hybridized carbons (Fsp3) is 0.381. The van der Waals surface area contributed by atoms with Gasteiger partial charge in [-0.05, 0) is 48.1 Å². The van der Waals surface area contributed by atoms with Crippen LogP contribution >= 0.6 is 0 Å². The average Bonchev–Trinajstić information content (AvgIpc) is 3.21. The monoisotopic (exact) mass is 337 g/mol. The standard InChI is InChI=1S/C21H23NO3/c1-24-17-10-8-16(9-11-17)20-18-6-3-2-5-15(18)12-13-22(20)21(23)19-7-4-14-25-19/h2-3,5-6,8-11,19-20H,4,7,12-14H2,1H3. The number of benzene rings is 2. The zero-order valence-corrected chi connectivity index (χ0v) is 14.5. The van der Waals surface area contributed by atoms with Gasteiger partial charge < -0.3 is 14.4 Å². The molecule has 1 fully saturated rings. The molecule has 4 nitrogen and oxygen atoms in total. The maximum atomic E-state index is 13.1. The normalized spacial score (nSPS) is 22.5. The summed E-state index contributed by atoms with van der Waals surface area (Å²) in [5.41, 5.74) is 3.64. The lowest BCUT2D eigenvalue weighted by Gasteiger charge is -2.39. The Hall–Kier alpha value is -2.33. The summed E-state index contributed by atoms with van der Waals surface area (Å²) in [4.78, 5) is 15.1. The first-order chi connectivity index (χ1) is 12.3. The van der Waals surface area contributed by atoms with Crippen molar-refractivity contribution in [3.05, 3.63) is 65.2 Å². The van der Waals surface area contributed by atoms with Crippen LogP contribution in [0.4, 0.5) is 0 Å². The van der Waals surface area contributed by atoms with Crippen molar-refractivity contribution >= 4 is 5.91 Å². The minimum Gasteiger partial charge on any atom is -0.497 e. The van der Waals surface area contributed by atoms with Crippen molar-refractivity contribution in [1.29, 1.82) is 0 Å². The van der Waals surface area contributed by atoms with Gasteiger partial charge in [-0.1, -0.05) is 36.4 Å². The summed E-state index contributed by atoms with van der Waals surface area (Å²) in [5.74, 6) is 0.942. The summed E-state index contributed by atoms with van der Waals surface area (Å²) in [6.45, 7) is 1.42. The highest BCUT2D eigenvalue weighted by molar-refractivity contribution is 5.82. The number of ether oxygens (including phenoxy) is 2. The number of rotatable bonds is 3. The lowest BCUT2D eigenvalue weighted by Crippen LogP contribution is -2.45. The van der Waals surface area contributed by atoms with Crippen LogP contribution in [-0.4, -0.2) is 37.2 Å². The summed E-state index contributed by atoms with van der Waals surface area (Å²) in [7, 11) is 1.66. The largest absolute Gasteiger partial charge is 0.497 e. The highest BCUT2D eigenvalue weighted by Gasteiger charge is 2.36. The predicted molar refractivity (Wildman–Crippen MR) is 95.7 cm³/mol. The van der Waals surface area contributed by atoms with Crippen molar-refractivity contribution in [3.8, 4) is 5.75 Å². The molecule has 0 bridgehead atoms. The summed E-state index contributed by atoms with van der Waals surface area (Å²) < 4.78 is 10.9. The van der Waals surface area contributed by atoms with Gasteiger partial charge in [0.05, 0.1) is 13.2 Å². The number of methoxy groups -OCH3 is 1. The molecule has 2 aromatic carbocycles. The molecule has 2 aliphatic rings. The third kappa shape index (κ3) is 3.02. The number of fused-ring (bicyclic) bond motifs is 1. The highest BCUT2D eigenvalue weighted by atomic mass is 16.5. The lowest BCUT2D eigenvalue weighted by atomic mass is 9.87. The maximum absolute atomic E-state index is 13.1. The van der Waals surface area contributed by atoms with E-state index in [0.29, 0.717) is 6.61 Å². The van der Waals surface area contributed by atoms with Gasteiger partial charge in [-0.15, -0.1) is 0 Å². The molecular formula is C21H23NO3. The maximum Gasteiger partial charge on any atom is 0.252 e. The Balaban J connectivity index is 1.73. The van der Waals surface area contributed by atoms with Gasteiger partial charge in [-0.25, -0.2) is 0 Å². The van der Waals surface area contributed by atoms with Crippen LogP contribution in [0.15, 0.2) is 48.5 Å². The molecule has 1 saturated heterocycles. The quantitative estimate of drug-likeness (QED) is 0.862. The Labute approximate surface area is 148 Å². The van der Waals surface area contributed by atoms with E-state index in [0.717, 1.165) is 37.1 Å². The van der Waals surface area contributed by atoms with E-state index in [4.69, 9.17) is 9.47 Å². The van der Waals surface area contributed by atoms with E-state index >= 15 is 0 Å². The van der Waals surface area contributed by atoms with E-state index in [2.05, 4.69) is 36.4 Å². The number of hydrogen-bond donors (Lipinski definition) is 0. The molecule has 4 heteroatoms. The zero-order valence-electron chi connectivity index (χ0n) is 14.5. The third-order valence-corrected chi connectivity index (χ3v) is 5.20. The Bertz CT molecular complexity index is 750. The first kappa shape index (κ1) is 16.2. The molecule has 0 radical (unpaired) electrons. The zero-order chi connectivity index (χ0) is 17.2. The van der Waals surface area contributed by atoms with Crippen molar-refractivity contribution in [1.82, 2.24) is 4.90 Å². The molecule has 0 spiro atoms. The molecule has 0 saturated carbocycles. The average molecular weight is 337 g/mol. The Morgan fingerprint density at radius 2 is 1.96 bits per heavy atom. The second-order valence-corrected chi connectivity index (χ2v) is 6.66. The molecule has 2 aliphatic heterocycles. The fourth-order valence-corrected chi connectivity index (χ4v) is 3.91. The van der Waals surface area contributed by atoms with Crippen LogP contribution < -0.4 is 4.74 Å². The first-order valence-corrected chi connectivity index (χ1v) is 8.92. The number of amides is 1. The highest BCUT2D eigenvalue weighted by Crippen LogP contribution is 2.36. The first-order valence-electron chi connectivity index (χ1n) is 8.92. The molecule has 2 atom stereocenters. The minimum atomic E-state index is -0.286. The summed E-state index contributed by atoms with van der Waals surface area (Å²) >= 11 is 0.